The minimum absolute atomic E-state index is 0.0716. The number of amides is 1. The fraction of sp³-hybridized carbons (Fsp3) is 0.600. The van der Waals surface area contributed by atoms with Gasteiger partial charge in [-0.3, -0.25) is 9.59 Å². The molecule has 0 radical (unpaired) electrons. The number of hydrogen-bond acceptors (Lipinski definition) is 4. The van der Waals surface area contributed by atoms with E-state index in [1.165, 1.54) is 0 Å². The average molecular weight is 308 g/mol. The van der Waals surface area contributed by atoms with Gasteiger partial charge in [0.25, 0.3) is 0 Å². The van der Waals surface area contributed by atoms with Gasteiger partial charge in [0.2, 0.25) is 5.91 Å². The van der Waals surface area contributed by atoms with Crippen LogP contribution < -0.4 is 5.32 Å². The number of piperidine rings is 1. The SMILES string of the molecule is O=C(O)[C@H]1CC2(CCN(C(=O)Cc3ccsc3)CC2)CN1. The van der Waals surface area contributed by atoms with E-state index in [-0.39, 0.29) is 11.3 Å². The summed E-state index contributed by atoms with van der Waals surface area (Å²) < 4.78 is 0. The molecule has 0 aliphatic carbocycles. The van der Waals surface area contributed by atoms with Crippen molar-refractivity contribution < 1.29 is 14.7 Å². The molecule has 2 N–H and O–H groups in total. The fourth-order valence-corrected chi connectivity index (χ4v) is 4.05. The number of carbonyl (C=O) groups is 2. The number of aliphatic carboxylic acids is 1. The number of hydrogen-bond donors (Lipinski definition) is 2. The first-order valence-corrected chi connectivity index (χ1v) is 8.27. The summed E-state index contributed by atoms with van der Waals surface area (Å²) in [5.74, 6) is -0.577. The van der Waals surface area contributed by atoms with Crippen LogP contribution in [0.3, 0.4) is 0 Å². The van der Waals surface area contributed by atoms with E-state index in [1.807, 2.05) is 21.7 Å². The second-order valence-corrected chi connectivity index (χ2v) is 6.95. The maximum atomic E-state index is 12.3. The second-order valence-electron chi connectivity index (χ2n) is 6.17. The molecule has 0 bridgehead atoms. The van der Waals surface area contributed by atoms with Crippen LogP contribution in [-0.4, -0.2) is 47.6 Å². The van der Waals surface area contributed by atoms with Gasteiger partial charge in [0, 0.05) is 19.6 Å². The molecule has 3 heterocycles. The number of carboxylic acids is 1. The Balaban J connectivity index is 1.53. The molecule has 1 atom stereocenters. The zero-order valence-electron chi connectivity index (χ0n) is 11.9. The van der Waals surface area contributed by atoms with Crippen LogP contribution >= 0.6 is 11.3 Å². The molecule has 21 heavy (non-hydrogen) atoms. The molecular formula is C15H20N2O3S. The van der Waals surface area contributed by atoms with Crippen LogP contribution in [0, 0.1) is 5.41 Å². The predicted octanol–water partition coefficient (Wildman–Crippen LogP) is 1.35. The predicted molar refractivity (Wildman–Crippen MR) is 80.3 cm³/mol. The van der Waals surface area contributed by atoms with Gasteiger partial charge in [-0.1, -0.05) is 0 Å². The smallest absolute Gasteiger partial charge is 0.320 e. The number of thiophene rings is 1. The molecule has 1 spiro atoms. The Hall–Kier alpha value is -1.40. The maximum absolute atomic E-state index is 12.3. The van der Waals surface area contributed by atoms with Gasteiger partial charge in [-0.05, 0) is 47.1 Å². The summed E-state index contributed by atoms with van der Waals surface area (Å²) >= 11 is 1.61. The number of nitrogens with one attached hydrogen (secondary N) is 1. The molecule has 1 amide bonds. The molecule has 5 nitrogen and oxygen atoms in total. The Morgan fingerprint density at radius 1 is 1.43 bits per heavy atom. The lowest BCUT2D eigenvalue weighted by Gasteiger charge is -2.39. The summed E-state index contributed by atoms with van der Waals surface area (Å²) in [6, 6.07) is 1.57. The van der Waals surface area contributed by atoms with E-state index in [0.717, 1.165) is 38.0 Å². The number of rotatable bonds is 3. The molecule has 114 valence electrons. The summed E-state index contributed by atoms with van der Waals surface area (Å²) in [4.78, 5) is 25.2. The van der Waals surface area contributed by atoms with Crippen LogP contribution in [0.15, 0.2) is 16.8 Å². The number of carboxylic acid groups (broad SMARTS) is 1. The molecule has 2 aliphatic heterocycles. The molecular weight excluding hydrogens is 288 g/mol. The summed E-state index contributed by atoms with van der Waals surface area (Å²) in [5, 5.41) is 16.2. The first-order valence-electron chi connectivity index (χ1n) is 7.33. The summed E-state index contributed by atoms with van der Waals surface area (Å²) in [6.07, 6.45) is 2.97. The Kier molecular flexibility index (Phi) is 3.99. The van der Waals surface area contributed by atoms with E-state index in [9.17, 15) is 9.59 Å². The highest BCUT2D eigenvalue weighted by Gasteiger charge is 2.44. The molecule has 0 unspecified atom stereocenters. The second kappa shape index (κ2) is 5.77. The van der Waals surface area contributed by atoms with Crippen LogP contribution in [0.4, 0.5) is 0 Å². The van der Waals surface area contributed by atoms with Gasteiger partial charge in [-0.2, -0.15) is 11.3 Å². The molecule has 2 fully saturated rings. The third-order valence-electron chi connectivity index (χ3n) is 4.77. The van der Waals surface area contributed by atoms with Gasteiger partial charge >= 0.3 is 5.97 Å². The largest absolute Gasteiger partial charge is 0.480 e. The van der Waals surface area contributed by atoms with Crippen LogP contribution in [-0.2, 0) is 16.0 Å². The van der Waals surface area contributed by atoms with E-state index in [4.69, 9.17) is 5.11 Å². The van der Waals surface area contributed by atoms with Gasteiger partial charge in [0.1, 0.15) is 6.04 Å². The van der Waals surface area contributed by atoms with E-state index in [0.29, 0.717) is 12.8 Å². The molecule has 2 saturated heterocycles. The number of carbonyl (C=O) groups excluding carboxylic acids is 1. The maximum Gasteiger partial charge on any atom is 0.320 e. The standard InChI is InChI=1S/C15H20N2O3S/c18-13(7-11-1-6-21-9-11)17-4-2-15(3-5-17)8-12(14(19)20)16-10-15/h1,6,9,12,16H,2-5,7-8,10H2,(H,19,20)/t12-/m1/s1. The lowest BCUT2D eigenvalue weighted by Crippen LogP contribution is -2.44. The van der Waals surface area contributed by atoms with Crippen molar-refractivity contribution in [2.45, 2.75) is 31.7 Å². The van der Waals surface area contributed by atoms with Crippen molar-refractivity contribution in [2.75, 3.05) is 19.6 Å². The lowest BCUT2D eigenvalue weighted by molar-refractivity contribution is -0.139. The first-order chi connectivity index (χ1) is 10.1. The fourth-order valence-electron chi connectivity index (χ4n) is 3.38. The Bertz CT molecular complexity index is 521. The van der Waals surface area contributed by atoms with Crippen LogP contribution in [0.25, 0.3) is 0 Å². The third-order valence-corrected chi connectivity index (χ3v) is 5.50. The van der Waals surface area contributed by atoms with Crippen LogP contribution in [0.1, 0.15) is 24.8 Å². The van der Waals surface area contributed by atoms with E-state index < -0.39 is 12.0 Å². The van der Waals surface area contributed by atoms with Gasteiger partial charge in [-0.15, -0.1) is 0 Å². The van der Waals surface area contributed by atoms with Gasteiger partial charge in [0.15, 0.2) is 0 Å². The summed E-state index contributed by atoms with van der Waals surface area (Å²) in [5.41, 5.74) is 1.15. The van der Waals surface area contributed by atoms with Gasteiger partial charge < -0.3 is 15.3 Å². The van der Waals surface area contributed by atoms with Gasteiger partial charge in [-0.25, -0.2) is 0 Å². The monoisotopic (exact) mass is 308 g/mol. The Morgan fingerprint density at radius 3 is 2.76 bits per heavy atom. The quantitative estimate of drug-likeness (QED) is 0.884. The van der Waals surface area contributed by atoms with Crippen LogP contribution in [0.2, 0.25) is 0 Å². The van der Waals surface area contributed by atoms with E-state index in [2.05, 4.69) is 5.32 Å². The van der Waals surface area contributed by atoms with Crippen LogP contribution in [0.5, 0.6) is 0 Å². The topological polar surface area (TPSA) is 69.6 Å². The van der Waals surface area contributed by atoms with Crippen molar-refractivity contribution in [3.8, 4) is 0 Å². The highest BCUT2D eigenvalue weighted by Crippen LogP contribution is 2.39. The van der Waals surface area contributed by atoms with E-state index >= 15 is 0 Å². The minimum atomic E-state index is -0.761. The molecule has 0 saturated carbocycles. The zero-order valence-corrected chi connectivity index (χ0v) is 12.7. The van der Waals surface area contributed by atoms with Crippen molar-refractivity contribution >= 4 is 23.2 Å². The third kappa shape index (κ3) is 3.11. The normalized spacial score (nSPS) is 24.4. The van der Waals surface area contributed by atoms with Gasteiger partial charge in [0.05, 0.1) is 6.42 Å². The zero-order chi connectivity index (χ0) is 14.9. The number of nitrogens with zero attached hydrogens (tertiary/aromatic N) is 1. The summed E-state index contributed by atoms with van der Waals surface area (Å²) in [6.45, 7) is 2.25. The molecule has 3 rings (SSSR count). The Morgan fingerprint density at radius 2 is 2.19 bits per heavy atom. The van der Waals surface area contributed by atoms with Crippen molar-refractivity contribution in [3.63, 3.8) is 0 Å². The molecule has 0 aromatic carbocycles. The van der Waals surface area contributed by atoms with E-state index in [1.54, 1.807) is 11.3 Å². The molecule has 2 aliphatic rings. The van der Waals surface area contributed by atoms with Crippen molar-refractivity contribution in [2.24, 2.45) is 5.41 Å². The van der Waals surface area contributed by atoms with Crippen molar-refractivity contribution in [1.29, 1.82) is 0 Å². The van der Waals surface area contributed by atoms with Crippen molar-refractivity contribution in [1.82, 2.24) is 10.2 Å². The molecule has 6 heteroatoms. The molecule has 1 aromatic rings. The molecule has 1 aromatic heterocycles. The number of likely N-dealkylation sites (tertiary alicyclic amines) is 1. The highest BCUT2D eigenvalue weighted by atomic mass is 32.1. The Labute approximate surface area is 128 Å². The van der Waals surface area contributed by atoms with Crippen molar-refractivity contribution in [3.05, 3.63) is 22.4 Å². The summed E-state index contributed by atoms with van der Waals surface area (Å²) in [7, 11) is 0. The first kappa shape index (κ1) is 14.5. The average Bonchev–Trinajstić information content (AvgIpc) is 3.10. The highest BCUT2D eigenvalue weighted by molar-refractivity contribution is 7.07. The minimum Gasteiger partial charge on any atom is -0.480 e. The lowest BCUT2D eigenvalue weighted by atomic mass is 9.76.